The fourth-order valence-corrected chi connectivity index (χ4v) is 2.28. The molecular weight excluding hydrogens is 308 g/mol. The van der Waals surface area contributed by atoms with Gasteiger partial charge in [0.1, 0.15) is 12.4 Å². The lowest BCUT2D eigenvalue weighted by Gasteiger charge is -2.29. The summed E-state index contributed by atoms with van der Waals surface area (Å²) in [5.74, 6) is 0.574. The van der Waals surface area contributed by atoms with E-state index in [2.05, 4.69) is 10.3 Å². The van der Waals surface area contributed by atoms with Crippen LogP contribution in [0.5, 0.6) is 0 Å². The van der Waals surface area contributed by atoms with E-state index in [-0.39, 0.29) is 6.54 Å². The van der Waals surface area contributed by atoms with E-state index in [1.165, 1.54) is 0 Å². The highest BCUT2D eigenvalue weighted by molar-refractivity contribution is 7.80. The number of nitrogens with one attached hydrogen (secondary N) is 1. The molecule has 1 aliphatic heterocycles. The van der Waals surface area contributed by atoms with Crippen LogP contribution >= 0.6 is 23.8 Å². The van der Waals surface area contributed by atoms with Crippen LogP contribution in [0.25, 0.3) is 0 Å². The van der Waals surface area contributed by atoms with E-state index in [4.69, 9.17) is 33.8 Å². The van der Waals surface area contributed by atoms with Crippen molar-refractivity contribution in [2.24, 2.45) is 4.99 Å². The number of rotatable bonds is 2. The minimum atomic E-state index is 0.0662. The maximum atomic E-state index is 8.72. The Kier molecular flexibility index (Phi) is 5.93. The van der Waals surface area contributed by atoms with Gasteiger partial charge in [0.05, 0.1) is 19.3 Å². The van der Waals surface area contributed by atoms with Gasteiger partial charge in [0.2, 0.25) is 0 Å². The zero-order valence-corrected chi connectivity index (χ0v) is 13.0. The summed E-state index contributed by atoms with van der Waals surface area (Å²) < 4.78 is 5.30. The first-order valence-electron chi connectivity index (χ1n) is 6.51. The van der Waals surface area contributed by atoms with E-state index in [1.807, 2.05) is 23.1 Å². The lowest BCUT2D eigenvalue weighted by atomic mass is 10.2. The predicted molar refractivity (Wildman–Crippen MR) is 86.6 cm³/mol. The van der Waals surface area contributed by atoms with Crippen molar-refractivity contribution in [2.75, 3.05) is 32.8 Å². The highest BCUT2D eigenvalue weighted by Gasteiger charge is 2.15. The highest BCUT2D eigenvalue weighted by atomic mass is 35.5. The standard InChI is InChI=1S/C14H15ClN4OS/c15-12-3-1-11(2-4-12)13(17-6-5-16)18-14(21)19-7-9-20-10-8-19/h1-4H,6-10H2,(H,17,18,21). The second-order valence-electron chi connectivity index (χ2n) is 4.36. The van der Waals surface area contributed by atoms with Crippen LogP contribution in [0.1, 0.15) is 5.56 Å². The molecule has 110 valence electrons. The van der Waals surface area contributed by atoms with Crippen LogP contribution in [0.4, 0.5) is 0 Å². The summed E-state index contributed by atoms with van der Waals surface area (Å²) in [5.41, 5.74) is 0.838. The molecule has 1 heterocycles. The molecule has 5 nitrogen and oxygen atoms in total. The van der Waals surface area contributed by atoms with Gasteiger partial charge in [-0.1, -0.05) is 11.6 Å². The van der Waals surface area contributed by atoms with Crippen molar-refractivity contribution in [3.05, 3.63) is 34.9 Å². The maximum Gasteiger partial charge on any atom is 0.174 e. The van der Waals surface area contributed by atoms with E-state index in [1.54, 1.807) is 12.1 Å². The number of aliphatic imine (C=N–C) groups is 1. The average Bonchev–Trinajstić information content (AvgIpc) is 2.53. The van der Waals surface area contributed by atoms with Gasteiger partial charge in [-0.25, -0.2) is 0 Å². The Balaban J connectivity index is 2.11. The number of thiocarbonyl (C=S) groups is 1. The van der Waals surface area contributed by atoms with Crippen LogP contribution in [0.3, 0.4) is 0 Å². The molecule has 0 amide bonds. The van der Waals surface area contributed by atoms with Gasteiger partial charge in [-0.3, -0.25) is 4.99 Å². The van der Waals surface area contributed by atoms with Crippen molar-refractivity contribution < 1.29 is 4.74 Å². The first-order chi connectivity index (χ1) is 10.2. The Bertz CT molecular complexity index is 561. The largest absolute Gasteiger partial charge is 0.378 e. The Morgan fingerprint density at radius 2 is 2.05 bits per heavy atom. The summed E-state index contributed by atoms with van der Waals surface area (Å²) in [4.78, 5) is 6.26. The summed E-state index contributed by atoms with van der Waals surface area (Å²) in [5, 5.41) is 13.1. The maximum absolute atomic E-state index is 8.72. The van der Waals surface area contributed by atoms with Crippen LogP contribution in [0, 0.1) is 11.3 Å². The molecule has 1 aliphatic rings. The number of hydrogen-bond acceptors (Lipinski definition) is 4. The Hall–Kier alpha value is -1.68. The first kappa shape index (κ1) is 15.7. The lowest BCUT2D eigenvalue weighted by Crippen LogP contribution is -2.48. The van der Waals surface area contributed by atoms with Crippen molar-refractivity contribution >= 4 is 34.8 Å². The number of benzene rings is 1. The third-order valence-corrected chi connectivity index (χ3v) is 3.56. The molecular formula is C14H15ClN4OS. The van der Waals surface area contributed by atoms with E-state index < -0.39 is 0 Å². The van der Waals surface area contributed by atoms with Crippen LogP contribution in [-0.4, -0.2) is 48.7 Å². The molecule has 21 heavy (non-hydrogen) atoms. The van der Waals surface area contributed by atoms with Crippen LogP contribution in [-0.2, 0) is 4.74 Å². The molecule has 1 saturated heterocycles. The van der Waals surface area contributed by atoms with Crippen LogP contribution in [0.15, 0.2) is 29.3 Å². The summed E-state index contributed by atoms with van der Waals surface area (Å²) in [7, 11) is 0. The van der Waals surface area contributed by atoms with Gasteiger partial charge in [-0.15, -0.1) is 0 Å². The van der Waals surface area contributed by atoms with E-state index >= 15 is 0 Å². The molecule has 0 aliphatic carbocycles. The molecule has 0 radical (unpaired) electrons. The van der Waals surface area contributed by atoms with Gasteiger partial charge >= 0.3 is 0 Å². The van der Waals surface area contributed by atoms with Gasteiger partial charge in [0.15, 0.2) is 5.11 Å². The number of nitrogens with zero attached hydrogens (tertiary/aromatic N) is 3. The van der Waals surface area contributed by atoms with Gasteiger partial charge in [0.25, 0.3) is 0 Å². The molecule has 1 fully saturated rings. The van der Waals surface area contributed by atoms with Crippen LogP contribution in [0.2, 0.25) is 5.02 Å². The zero-order valence-electron chi connectivity index (χ0n) is 11.4. The van der Waals surface area contributed by atoms with Gasteiger partial charge in [-0.05, 0) is 36.5 Å². The summed E-state index contributed by atoms with van der Waals surface area (Å²) >= 11 is 11.3. The van der Waals surface area contributed by atoms with E-state index in [9.17, 15) is 0 Å². The Morgan fingerprint density at radius 1 is 1.38 bits per heavy atom. The zero-order chi connectivity index (χ0) is 15.1. The molecule has 2 rings (SSSR count). The summed E-state index contributed by atoms with van der Waals surface area (Å²) in [6.45, 7) is 2.88. The number of amidine groups is 1. The number of nitriles is 1. The monoisotopic (exact) mass is 322 g/mol. The molecule has 7 heteroatoms. The molecule has 0 bridgehead atoms. The minimum absolute atomic E-state index is 0.0662. The van der Waals surface area contributed by atoms with Crippen molar-refractivity contribution in [3.63, 3.8) is 0 Å². The predicted octanol–water partition coefficient (Wildman–Crippen LogP) is 1.82. The highest BCUT2D eigenvalue weighted by Crippen LogP contribution is 2.10. The number of ether oxygens (including phenoxy) is 1. The normalized spacial score (nSPS) is 15.4. The second-order valence-corrected chi connectivity index (χ2v) is 5.18. The van der Waals surface area contributed by atoms with Crippen molar-refractivity contribution in [2.45, 2.75) is 0 Å². The number of halogens is 1. The molecule has 0 saturated carbocycles. The Morgan fingerprint density at radius 3 is 2.67 bits per heavy atom. The topological polar surface area (TPSA) is 60.7 Å². The van der Waals surface area contributed by atoms with Crippen LogP contribution < -0.4 is 5.32 Å². The SMILES string of the molecule is N#CCN=C(NC(=S)N1CCOCC1)c1ccc(Cl)cc1. The van der Waals surface area contributed by atoms with Gasteiger partial charge in [-0.2, -0.15) is 5.26 Å². The second kappa shape index (κ2) is 7.93. The molecule has 1 aromatic rings. The third-order valence-electron chi connectivity index (χ3n) is 2.95. The smallest absolute Gasteiger partial charge is 0.174 e. The third kappa shape index (κ3) is 4.67. The number of morpholine rings is 1. The minimum Gasteiger partial charge on any atom is -0.378 e. The fraction of sp³-hybridized carbons (Fsp3) is 0.357. The first-order valence-corrected chi connectivity index (χ1v) is 7.30. The molecule has 0 spiro atoms. The van der Waals surface area contributed by atoms with E-state index in [0.29, 0.717) is 29.2 Å². The van der Waals surface area contributed by atoms with Crippen molar-refractivity contribution in [1.82, 2.24) is 10.2 Å². The average molecular weight is 323 g/mol. The van der Waals surface area contributed by atoms with E-state index in [0.717, 1.165) is 18.7 Å². The quantitative estimate of drug-likeness (QED) is 0.389. The fourth-order valence-electron chi connectivity index (χ4n) is 1.87. The van der Waals surface area contributed by atoms with Gasteiger partial charge in [0, 0.05) is 23.7 Å². The summed E-state index contributed by atoms with van der Waals surface area (Å²) in [6.07, 6.45) is 0. The molecule has 0 aromatic heterocycles. The molecule has 0 unspecified atom stereocenters. The Labute approximate surface area is 134 Å². The number of hydrogen-bond donors (Lipinski definition) is 1. The molecule has 1 N–H and O–H groups in total. The summed E-state index contributed by atoms with van der Waals surface area (Å²) in [6, 6.07) is 9.24. The lowest BCUT2D eigenvalue weighted by molar-refractivity contribution is 0.0681. The van der Waals surface area contributed by atoms with Gasteiger partial charge < -0.3 is 15.0 Å². The van der Waals surface area contributed by atoms with Crippen molar-refractivity contribution in [3.8, 4) is 6.07 Å². The molecule has 1 aromatic carbocycles. The molecule has 0 atom stereocenters. The van der Waals surface area contributed by atoms with Crippen molar-refractivity contribution in [1.29, 1.82) is 5.26 Å².